The molecule has 0 aromatic heterocycles. The average molecular weight is 219 g/mol. The molecule has 16 heavy (non-hydrogen) atoms. The zero-order chi connectivity index (χ0) is 11.5. The fraction of sp³-hybridized carbons (Fsp3) is 0.571. The van der Waals surface area contributed by atoms with E-state index in [2.05, 4.69) is 37.4 Å². The Kier molecular flexibility index (Phi) is 3.49. The summed E-state index contributed by atoms with van der Waals surface area (Å²) < 4.78 is 5.53. The predicted octanol–water partition coefficient (Wildman–Crippen LogP) is 2.93. The molecule has 2 rings (SSSR count). The topological polar surface area (TPSA) is 21.3 Å². The lowest BCUT2D eigenvalue weighted by Gasteiger charge is -2.23. The maximum absolute atomic E-state index is 5.53. The lowest BCUT2D eigenvalue weighted by atomic mass is 9.91. The van der Waals surface area contributed by atoms with Crippen LogP contribution in [0.25, 0.3) is 0 Å². The summed E-state index contributed by atoms with van der Waals surface area (Å²) in [5.74, 6) is 1.73. The fourth-order valence-electron chi connectivity index (χ4n) is 2.42. The molecule has 2 atom stereocenters. The van der Waals surface area contributed by atoms with Crippen LogP contribution in [0.15, 0.2) is 18.2 Å². The Morgan fingerprint density at radius 1 is 1.44 bits per heavy atom. The monoisotopic (exact) mass is 219 g/mol. The minimum atomic E-state index is 0.455. The van der Waals surface area contributed by atoms with Gasteiger partial charge in [0, 0.05) is 12.5 Å². The van der Waals surface area contributed by atoms with Gasteiger partial charge in [-0.05, 0) is 30.2 Å². The molecule has 1 aliphatic rings. The Morgan fingerprint density at radius 3 is 2.94 bits per heavy atom. The van der Waals surface area contributed by atoms with Gasteiger partial charge in [0.05, 0.1) is 6.61 Å². The van der Waals surface area contributed by atoms with Crippen molar-refractivity contribution in [2.75, 3.05) is 13.7 Å². The molecule has 2 nitrogen and oxygen atoms in total. The van der Waals surface area contributed by atoms with E-state index in [1.165, 1.54) is 17.5 Å². The second-order valence-electron chi connectivity index (χ2n) is 4.62. The zero-order valence-corrected chi connectivity index (χ0v) is 10.4. The number of nitrogens with one attached hydrogen (secondary N) is 1. The van der Waals surface area contributed by atoms with Crippen LogP contribution in [0.4, 0.5) is 0 Å². The summed E-state index contributed by atoms with van der Waals surface area (Å²) >= 11 is 0. The number of hydrogen-bond donors (Lipinski definition) is 1. The number of ether oxygens (including phenoxy) is 1. The maximum atomic E-state index is 5.53. The molecule has 1 heterocycles. The first-order valence-electron chi connectivity index (χ1n) is 6.19. The van der Waals surface area contributed by atoms with Crippen LogP contribution in [-0.4, -0.2) is 13.7 Å². The van der Waals surface area contributed by atoms with Gasteiger partial charge in [-0.15, -0.1) is 0 Å². The van der Waals surface area contributed by atoms with Gasteiger partial charge in [0.25, 0.3) is 0 Å². The minimum Gasteiger partial charge on any atom is -0.493 e. The van der Waals surface area contributed by atoms with Gasteiger partial charge in [0.1, 0.15) is 5.75 Å². The fourth-order valence-corrected chi connectivity index (χ4v) is 2.42. The summed E-state index contributed by atoms with van der Waals surface area (Å²) in [4.78, 5) is 0. The molecule has 0 bridgehead atoms. The molecule has 2 heteroatoms. The van der Waals surface area contributed by atoms with Crippen molar-refractivity contribution in [2.24, 2.45) is 5.92 Å². The van der Waals surface area contributed by atoms with Crippen molar-refractivity contribution < 1.29 is 4.74 Å². The van der Waals surface area contributed by atoms with Gasteiger partial charge in [-0.2, -0.15) is 0 Å². The third-order valence-electron chi connectivity index (χ3n) is 3.60. The van der Waals surface area contributed by atoms with Crippen LogP contribution >= 0.6 is 0 Å². The van der Waals surface area contributed by atoms with Crippen molar-refractivity contribution in [1.82, 2.24) is 5.32 Å². The van der Waals surface area contributed by atoms with Crippen LogP contribution < -0.4 is 10.1 Å². The van der Waals surface area contributed by atoms with Crippen molar-refractivity contribution in [3.63, 3.8) is 0 Å². The highest BCUT2D eigenvalue weighted by atomic mass is 16.5. The number of fused-ring (bicyclic) bond motifs is 1. The van der Waals surface area contributed by atoms with E-state index in [0.29, 0.717) is 12.0 Å². The molecule has 1 aromatic carbocycles. The summed E-state index contributed by atoms with van der Waals surface area (Å²) in [6.07, 6.45) is 2.25. The highest BCUT2D eigenvalue weighted by Gasteiger charge is 2.19. The van der Waals surface area contributed by atoms with Crippen LogP contribution in [-0.2, 0) is 6.42 Å². The van der Waals surface area contributed by atoms with Crippen LogP contribution in [0.3, 0.4) is 0 Å². The summed E-state index contributed by atoms with van der Waals surface area (Å²) in [6, 6.07) is 7.06. The van der Waals surface area contributed by atoms with E-state index in [1.807, 2.05) is 7.05 Å². The second-order valence-corrected chi connectivity index (χ2v) is 4.62. The highest BCUT2D eigenvalue weighted by Crippen LogP contribution is 2.31. The molecule has 0 saturated carbocycles. The van der Waals surface area contributed by atoms with Crippen molar-refractivity contribution in [2.45, 2.75) is 32.7 Å². The Hall–Kier alpha value is -1.02. The number of hydrogen-bond acceptors (Lipinski definition) is 2. The number of benzene rings is 1. The molecule has 88 valence electrons. The second kappa shape index (κ2) is 4.88. The molecule has 1 aromatic rings. The van der Waals surface area contributed by atoms with Crippen molar-refractivity contribution in [3.8, 4) is 5.75 Å². The summed E-state index contributed by atoms with van der Waals surface area (Å²) in [5.41, 5.74) is 2.75. The molecule has 1 aliphatic heterocycles. The first-order chi connectivity index (χ1) is 7.76. The van der Waals surface area contributed by atoms with Crippen LogP contribution in [0.5, 0.6) is 5.75 Å². The van der Waals surface area contributed by atoms with Crippen LogP contribution in [0.1, 0.15) is 37.4 Å². The van der Waals surface area contributed by atoms with E-state index >= 15 is 0 Å². The average Bonchev–Trinajstić information content (AvgIpc) is 2.77. The third-order valence-corrected chi connectivity index (χ3v) is 3.60. The largest absolute Gasteiger partial charge is 0.493 e. The Morgan fingerprint density at radius 2 is 2.25 bits per heavy atom. The standard InChI is InChI=1S/C14H21NO/c1-4-10(2)14(15-3)12-5-6-13-11(9-12)7-8-16-13/h5-6,9-10,14-15H,4,7-8H2,1-3H3. The van der Waals surface area contributed by atoms with Crippen molar-refractivity contribution >= 4 is 0 Å². The molecule has 0 fully saturated rings. The van der Waals surface area contributed by atoms with E-state index in [9.17, 15) is 0 Å². The van der Waals surface area contributed by atoms with Gasteiger partial charge >= 0.3 is 0 Å². The van der Waals surface area contributed by atoms with Gasteiger partial charge in [0.15, 0.2) is 0 Å². The van der Waals surface area contributed by atoms with Crippen molar-refractivity contribution in [1.29, 1.82) is 0 Å². The summed E-state index contributed by atoms with van der Waals surface area (Å²) in [7, 11) is 2.04. The molecule has 2 unspecified atom stereocenters. The zero-order valence-electron chi connectivity index (χ0n) is 10.4. The highest BCUT2D eigenvalue weighted by molar-refractivity contribution is 5.40. The summed E-state index contributed by atoms with van der Waals surface area (Å²) in [6.45, 7) is 5.38. The Balaban J connectivity index is 2.25. The Bertz CT molecular complexity index is 362. The van der Waals surface area contributed by atoms with Crippen LogP contribution in [0.2, 0.25) is 0 Å². The Labute approximate surface area is 98.0 Å². The maximum Gasteiger partial charge on any atom is 0.122 e. The van der Waals surface area contributed by atoms with Gasteiger partial charge in [0.2, 0.25) is 0 Å². The minimum absolute atomic E-state index is 0.455. The normalized spacial score (nSPS) is 17.7. The molecular formula is C14H21NO. The first-order valence-corrected chi connectivity index (χ1v) is 6.19. The molecule has 0 amide bonds. The SMILES string of the molecule is CCC(C)C(NC)c1ccc2c(c1)CCO2. The molecule has 0 saturated heterocycles. The molecule has 1 N–H and O–H groups in total. The third kappa shape index (κ3) is 2.07. The van der Waals surface area contributed by atoms with E-state index in [1.54, 1.807) is 0 Å². The van der Waals surface area contributed by atoms with E-state index in [0.717, 1.165) is 18.8 Å². The van der Waals surface area contributed by atoms with Gasteiger partial charge in [-0.1, -0.05) is 32.4 Å². The molecule has 0 radical (unpaired) electrons. The summed E-state index contributed by atoms with van der Waals surface area (Å²) in [5, 5.41) is 3.42. The van der Waals surface area contributed by atoms with E-state index < -0.39 is 0 Å². The van der Waals surface area contributed by atoms with E-state index in [4.69, 9.17) is 4.74 Å². The lowest BCUT2D eigenvalue weighted by Crippen LogP contribution is -2.23. The molecule has 0 spiro atoms. The first kappa shape index (κ1) is 11.5. The van der Waals surface area contributed by atoms with Crippen LogP contribution in [0, 0.1) is 5.92 Å². The smallest absolute Gasteiger partial charge is 0.122 e. The van der Waals surface area contributed by atoms with Gasteiger partial charge in [-0.3, -0.25) is 0 Å². The molecular weight excluding hydrogens is 198 g/mol. The van der Waals surface area contributed by atoms with E-state index in [-0.39, 0.29) is 0 Å². The van der Waals surface area contributed by atoms with Crippen molar-refractivity contribution in [3.05, 3.63) is 29.3 Å². The quantitative estimate of drug-likeness (QED) is 0.840. The number of rotatable bonds is 4. The lowest BCUT2D eigenvalue weighted by molar-refractivity contribution is 0.356. The molecule has 0 aliphatic carbocycles. The van der Waals surface area contributed by atoms with Gasteiger partial charge < -0.3 is 10.1 Å². The van der Waals surface area contributed by atoms with Gasteiger partial charge in [-0.25, -0.2) is 0 Å². The predicted molar refractivity (Wildman–Crippen MR) is 66.9 cm³/mol.